The fraction of sp³-hybridized carbons (Fsp3) is 0.471. The maximum atomic E-state index is 13.1. The smallest absolute Gasteiger partial charge is 0.251 e. The number of amides is 2. The third-order valence-corrected chi connectivity index (χ3v) is 4.07. The highest BCUT2D eigenvalue weighted by atomic mass is 19.1. The molecule has 0 aliphatic carbocycles. The Balaban J connectivity index is 1.98. The normalized spacial score (nSPS) is 17.5. The first-order chi connectivity index (χ1) is 11.4. The molecule has 1 unspecified atom stereocenters. The summed E-state index contributed by atoms with van der Waals surface area (Å²) in [6.45, 7) is 1.91. The lowest BCUT2D eigenvalue weighted by Gasteiger charge is -2.34. The second-order valence-corrected chi connectivity index (χ2v) is 5.76. The van der Waals surface area contributed by atoms with E-state index >= 15 is 0 Å². The number of nitrogens with one attached hydrogen (secondary N) is 1. The van der Waals surface area contributed by atoms with E-state index in [0.717, 1.165) is 25.0 Å². The van der Waals surface area contributed by atoms with Crippen molar-refractivity contribution in [2.24, 2.45) is 0 Å². The van der Waals surface area contributed by atoms with Crippen molar-refractivity contribution in [3.63, 3.8) is 0 Å². The van der Waals surface area contributed by atoms with E-state index in [9.17, 15) is 23.2 Å². The first-order valence-corrected chi connectivity index (χ1v) is 7.99. The minimum atomic E-state index is -0.865. The molecule has 1 aliphatic heterocycles. The third kappa shape index (κ3) is 4.37. The Morgan fingerprint density at radius 2 is 1.83 bits per heavy atom. The molecule has 24 heavy (non-hydrogen) atoms. The molecular weight excluding hydrogens is 318 g/mol. The molecule has 1 aromatic rings. The van der Waals surface area contributed by atoms with Crippen LogP contribution >= 0.6 is 0 Å². The van der Waals surface area contributed by atoms with Crippen LogP contribution in [-0.4, -0.2) is 41.6 Å². The highest BCUT2D eigenvalue weighted by Gasteiger charge is 2.30. The maximum Gasteiger partial charge on any atom is 0.251 e. The van der Waals surface area contributed by atoms with Crippen molar-refractivity contribution in [3.8, 4) is 0 Å². The van der Waals surface area contributed by atoms with Gasteiger partial charge in [0, 0.05) is 24.6 Å². The van der Waals surface area contributed by atoms with E-state index in [0.29, 0.717) is 25.5 Å². The summed E-state index contributed by atoms with van der Waals surface area (Å²) >= 11 is 0. The molecule has 1 saturated heterocycles. The molecule has 1 atom stereocenters. The number of hydrogen-bond donors (Lipinski definition) is 1. The van der Waals surface area contributed by atoms with Crippen molar-refractivity contribution in [2.45, 2.75) is 38.6 Å². The van der Waals surface area contributed by atoms with E-state index in [1.54, 1.807) is 6.92 Å². The van der Waals surface area contributed by atoms with Gasteiger partial charge in [0.05, 0.1) is 12.6 Å². The molecule has 0 aromatic heterocycles. The summed E-state index contributed by atoms with van der Waals surface area (Å²) in [4.78, 5) is 37.7. The van der Waals surface area contributed by atoms with Gasteiger partial charge in [-0.2, -0.15) is 0 Å². The zero-order chi connectivity index (χ0) is 17.7. The summed E-state index contributed by atoms with van der Waals surface area (Å²) < 4.78 is 26.2. The number of likely N-dealkylation sites (tertiary alicyclic amines) is 1. The van der Waals surface area contributed by atoms with Crippen molar-refractivity contribution >= 4 is 17.6 Å². The van der Waals surface area contributed by atoms with Crippen LogP contribution in [0.15, 0.2) is 18.2 Å². The quantitative estimate of drug-likeness (QED) is 0.894. The van der Waals surface area contributed by atoms with Gasteiger partial charge in [0.25, 0.3) is 5.91 Å². The molecule has 1 heterocycles. The first-order valence-electron chi connectivity index (χ1n) is 7.99. The average Bonchev–Trinajstić information content (AvgIpc) is 2.57. The molecule has 1 aromatic carbocycles. The number of benzene rings is 1. The summed E-state index contributed by atoms with van der Waals surface area (Å²) in [5, 5.41) is 2.35. The SMILES string of the molecule is CCC(=O)C1CCCCN1C(=O)CNC(=O)c1cc(F)cc(F)c1. The highest BCUT2D eigenvalue weighted by Crippen LogP contribution is 2.19. The van der Waals surface area contributed by atoms with E-state index in [-0.39, 0.29) is 23.8 Å². The first kappa shape index (κ1) is 18.0. The van der Waals surface area contributed by atoms with Gasteiger partial charge in [-0.15, -0.1) is 0 Å². The minimum absolute atomic E-state index is 0.00146. The topological polar surface area (TPSA) is 66.5 Å². The Kier molecular flexibility index (Phi) is 6.00. The molecule has 130 valence electrons. The molecule has 0 radical (unpaired) electrons. The molecule has 5 nitrogen and oxygen atoms in total. The molecule has 0 spiro atoms. The fourth-order valence-corrected chi connectivity index (χ4v) is 2.84. The van der Waals surface area contributed by atoms with Crippen LogP contribution in [0.3, 0.4) is 0 Å². The van der Waals surface area contributed by atoms with Crippen LogP contribution in [0.5, 0.6) is 0 Å². The number of hydrogen-bond acceptors (Lipinski definition) is 3. The van der Waals surface area contributed by atoms with Crippen molar-refractivity contribution in [1.29, 1.82) is 0 Å². The molecule has 1 N–H and O–H groups in total. The van der Waals surface area contributed by atoms with Crippen LogP contribution in [0.4, 0.5) is 8.78 Å². The molecule has 2 rings (SSSR count). The van der Waals surface area contributed by atoms with Gasteiger partial charge in [0.1, 0.15) is 11.6 Å². The van der Waals surface area contributed by atoms with Crippen LogP contribution in [0.2, 0.25) is 0 Å². The summed E-state index contributed by atoms with van der Waals surface area (Å²) in [5.41, 5.74) is -0.194. The maximum absolute atomic E-state index is 13.1. The number of halogens is 2. The summed E-state index contributed by atoms with van der Waals surface area (Å²) in [7, 11) is 0. The monoisotopic (exact) mass is 338 g/mol. The van der Waals surface area contributed by atoms with Gasteiger partial charge < -0.3 is 10.2 Å². The number of Topliss-reactive ketones (excluding diaryl/α,β-unsaturated/α-hetero) is 1. The lowest BCUT2D eigenvalue weighted by atomic mass is 9.97. The number of piperidine rings is 1. The van der Waals surface area contributed by atoms with Gasteiger partial charge >= 0.3 is 0 Å². The lowest BCUT2D eigenvalue weighted by Crippen LogP contribution is -2.51. The Hall–Kier alpha value is -2.31. The average molecular weight is 338 g/mol. The van der Waals surface area contributed by atoms with Gasteiger partial charge in [-0.3, -0.25) is 14.4 Å². The fourth-order valence-electron chi connectivity index (χ4n) is 2.84. The van der Waals surface area contributed by atoms with E-state index in [1.807, 2.05) is 0 Å². The Bertz CT molecular complexity index is 628. The highest BCUT2D eigenvalue weighted by molar-refractivity contribution is 5.97. The van der Waals surface area contributed by atoms with Crippen molar-refractivity contribution < 1.29 is 23.2 Å². The summed E-state index contributed by atoms with van der Waals surface area (Å²) in [5.74, 6) is -2.84. The number of carbonyl (C=O) groups is 3. The molecule has 0 bridgehead atoms. The van der Waals surface area contributed by atoms with E-state index in [4.69, 9.17) is 0 Å². The van der Waals surface area contributed by atoms with Gasteiger partial charge in [-0.1, -0.05) is 6.92 Å². The largest absolute Gasteiger partial charge is 0.343 e. The predicted octanol–water partition coefficient (Wildman–Crippen LogP) is 2.05. The summed E-state index contributed by atoms with van der Waals surface area (Å²) in [6, 6.07) is 2.01. The number of carbonyl (C=O) groups excluding carboxylic acids is 3. The second kappa shape index (κ2) is 7.99. The Labute approximate surface area is 139 Å². The van der Waals surface area contributed by atoms with Crippen LogP contribution < -0.4 is 5.32 Å². The minimum Gasteiger partial charge on any atom is -0.343 e. The zero-order valence-electron chi connectivity index (χ0n) is 13.5. The predicted molar refractivity (Wildman–Crippen MR) is 83.3 cm³/mol. The molecule has 7 heteroatoms. The molecule has 1 fully saturated rings. The number of nitrogens with zero attached hydrogens (tertiary/aromatic N) is 1. The third-order valence-electron chi connectivity index (χ3n) is 4.07. The standard InChI is InChI=1S/C17H20F2N2O3/c1-2-15(22)14-5-3-4-6-21(14)16(23)10-20-17(24)11-7-12(18)9-13(19)8-11/h7-9,14H,2-6,10H2,1H3,(H,20,24). The Morgan fingerprint density at radius 1 is 1.17 bits per heavy atom. The van der Waals surface area contributed by atoms with Gasteiger partial charge in [-0.25, -0.2) is 8.78 Å². The number of ketones is 1. The van der Waals surface area contributed by atoms with Crippen LogP contribution in [0, 0.1) is 11.6 Å². The summed E-state index contributed by atoms with van der Waals surface area (Å²) in [6.07, 6.45) is 2.67. The van der Waals surface area contributed by atoms with Crippen molar-refractivity contribution in [2.75, 3.05) is 13.1 Å². The van der Waals surface area contributed by atoms with Gasteiger partial charge in [-0.05, 0) is 31.4 Å². The van der Waals surface area contributed by atoms with Gasteiger partial charge in [0.2, 0.25) is 5.91 Å². The zero-order valence-corrected chi connectivity index (χ0v) is 13.5. The Morgan fingerprint density at radius 3 is 2.46 bits per heavy atom. The van der Waals surface area contributed by atoms with Gasteiger partial charge in [0.15, 0.2) is 5.78 Å². The number of rotatable bonds is 5. The van der Waals surface area contributed by atoms with Crippen LogP contribution in [0.1, 0.15) is 43.0 Å². The van der Waals surface area contributed by atoms with E-state index < -0.39 is 23.6 Å². The van der Waals surface area contributed by atoms with E-state index in [2.05, 4.69) is 5.32 Å². The van der Waals surface area contributed by atoms with Crippen LogP contribution in [-0.2, 0) is 9.59 Å². The molecule has 1 aliphatic rings. The second-order valence-electron chi connectivity index (χ2n) is 5.76. The van der Waals surface area contributed by atoms with E-state index in [1.165, 1.54) is 4.90 Å². The van der Waals surface area contributed by atoms with Crippen molar-refractivity contribution in [1.82, 2.24) is 10.2 Å². The molecule has 2 amide bonds. The lowest BCUT2D eigenvalue weighted by molar-refractivity contribution is -0.140. The molecular formula is C17H20F2N2O3. The van der Waals surface area contributed by atoms with Crippen LogP contribution in [0.25, 0.3) is 0 Å². The van der Waals surface area contributed by atoms with Crippen molar-refractivity contribution in [3.05, 3.63) is 35.4 Å². The molecule has 0 saturated carbocycles.